The molecule has 108 valence electrons. The summed E-state index contributed by atoms with van der Waals surface area (Å²) in [5.74, 6) is 0. The Balaban J connectivity index is 2.28. The van der Waals surface area contributed by atoms with Crippen LogP contribution in [0.3, 0.4) is 0 Å². The van der Waals surface area contributed by atoms with Crippen molar-refractivity contribution in [3.05, 3.63) is 11.9 Å². The third-order valence-electron chi connectivity index (χ3n) is 4.30. The number of rotatable bonds is 6. The maximum atomic E-state index is 5.96. The van der Waals surface area contributed by atoms with Gasteiger partial charge in [-0.05, 0) is 26.3 Å². The standard InChI is InChI=1S/C14H26N4O/c1-4-10-18-12(11-16-17-18)13(15-2)14(19-3)8-6-5-7-9-14/h11,13,15H,4-10H2,1-3H3. The molecule has 0 aromatic carbocycles. The number of hydrogen-bond acceptors (Lipinski definition) is 4. The molecule has 0 amide bonds. The van der Waals surface area contributed by atoms with Crippen LogP contribution in [0.15, 0.2) is 6.20 Å². The van der Waals surface area contributed by atoms with E-state index in [1.807, 2.05) is 25.0 Å². The van der Waals surface area contributed by atoms with E-state index >= 15 is 0 Å². The average Bonchev–Trinajstić information content (AvgIpc) is 2.89. The molecule has 1 saturated carbocycles. The van der Waals surface area contributed by atoms with E-state index in [9.17, 15) is 0 Å². The minimum atomic E-state index is -0.111. The van der Waals surface area contributed by atoms with Crippen LogP contribution in [0.5, 0.6) is 0 Å². The third-order valence-corrected chi connectivity index (χ3v) is 4.30. The molecular formula is C14H26N4O. The fourth-order valence-corrected chi connectivity index (χ4v) is 3.32. The molecule has 0 bridgehead atoms. The third kappa shape index (κ3) is 2.82. The molecule has 0 saturated heterocycles. The molecule has 1 unspecified atom stereocenters. The lowest BCUT2D eigenvalue weighted by molar-refractivity contribution is -0.0690. The molecule has 1 fully saturated rings. The lowest BCUT2D eigenvalue weighted by Gasteiger charge is -2.42. The highest BCUT2D eigenvalue weighted by Crippen LogP contribution is 2.40. The SMILES string of the molecule is CCCn1nncc1C(NC)C1(OC)CCCCC1. The first-order chi connectivity index (χ1) is 9.27. The first kappa shape index (κ1) is 14.5. The van der Waals surface area contributed by atoms with Gasteiger partial charge in [0.05, 0.1) is 23.5 Å². The summed E-state index contributed by atoms with van der Waals surface area (Å²) >= 11 is 0. The molecule has 19 heavy (non-hydrogen) atoms. The lowest BCUT2D eigenvalue weighted by Crippen LogP contribution is -2.46. The second-order valence-corrected chi connectivity index (χ2v) is 5.43. The molecule has 1 aromatic rings. The predicted octanol–water partition coefficient (Wildman–Crippen LogP) is 2.30. The lowest BCUT2D eigenvalue weighted by atomic mass is 9.78. The molecule has 1 heterocycles. The van der Waals surface area contributed by atoms with Crippen LogP contribution in [0, 0.1) is 0 Å². The molecule has 1 atom stereocenters. The van der Waals surface area contributed by atoms with Gasteiger partial charge in [-0.3, -0.25) is 0 Å². The zero-order chi connectivity index (χ0) is 13.7. The highest BCUT2D eigenvalue weighted by atomic mass is 16.5. The molecule has 1 aromatic heterocycles. The number of aromatic nitrogens is 3. The minimum absolute atomic E-state index is 0.111. The van der Waals surface area contributed by atoms with Crippen LogP contribution in [0.4, 0.5) is 0 Å². The first-order valence-electron chi connectivity index (χ1n) is 7.38. The van der Waals surface area contributed by atoms with Gasteiger partial charge in [0.2, 0.25) is 0 Å². The van der Waals surface area contributed by atoms with E-state index < -0.39 is 0 Å². The van der Waals surface area contributed by atoms with Gasteiger partial charge in [0.15, 0.2) is 0 Å². The molecular weight excluding hydrogens is 240 g/mol. The number of methoxy groups -OCH3 is 1. The topological polar surface area (TPSA) is 52.0 Å². The van der Waals surface area contributed by atoms with Crippen molar-refractivity contribution in [3.63, 3.8) is 0 Å². The Morgan fingerprint density at radius 3 is 2.74 bits per heavy atom. The quantitative estimate of drug-likeness (QED) is 0.858. The second kappa shape index (κ2) is 6.48. The van der Waals surface area contributed by atoms with E-state index in [1.165, 1.54) is 19.3 Å². The maximum absolute atomic E-state index is 5.96. The van der Waals surface area contributed by atoms with Gasteiger partial charge in [-0.25, -0.2) is 4.68 Å². The second-order valence-electron chi connectivity index (χ2n) is 5.43. The van der Waals surface area contributed by atoms with Crippen LogP contribution < -0.4 is 5.32 Å². The Bertz CT molecular complexity index is 385. The van der Waals surface area contributed by atoms with Crippen LogP contribution in [-0.4, -0.2) is 34.8 Å². The van der Waals surface area contributed by atoms with Crippen molar-refractivity contribution >= 4 is 0 Å². The largest absolute Gasteiger partial charge is 0.376 e. The summed E-state index contributed by atoms with van der Waals surface area (Å²) in [5, 5.41) is 11.7. The van der Waals surface area contributed by atoms with Gasteiger partial charge in [0, 0.05) is 13.7 Å². The van der Waals surface area contributed by atoms with E-state index in [1.54, 1.807) is 0 Å². The van der Waals surface area contributed by atoms with E-state index in [-0.39, 0.29) is 11.6 Å². The van der Waals surface area contributed by atoms with Crippen LogP contribution in [-0.2, 0) is 11.3 Å². The van der Waals surface area contributed by atoms with Crippen molar-refractivity contribution < 1.29 is 4.74 Å². The monoisotopic (exact) mass is 266 g/mol. The van der Waals surface area contributed by atoms with E-state index in [0.717, 1.165) is 31.5 Å². The molecule has 5 heteroatoms. The number of nitrogens with one attached hydrogen (secondary N) is 1. The molecule has 0 radical (unpaired) electrons. The summed E-state index contributed by atoms with van der Waals surface area (Å²) in [6.07, 6.45) is 8.94. The molecule has 1 aliphatic carbocycles. The average molecular weight is 266 g/mol. The van der Waals surface area contributed by atoms with Crippen molar-refractivity contribution in [2.75, 3.05) is 14.2 Å². The van der Waals surface area contributed by atoms with Gasteiger partial charge in [0.25, 0.3) is 0 Å². The molecule has 0 spiro atoms. The summed E-state index contributed by atoms with van der Waals surface area (Å²) in [6.45, 7) is 3.07. The van der Waals surface area contributed by atoms with Gasteiger partial charge in [0.1, 0.15) is 0 Å². The van der Waals surface area contributed by atoms with Crippen LogP contribution >= 0.6 is 0 Å². The van der Waals surface area contributed by atoms with Crippen molar-refractivity contribution in [2.45, 2.75) is 63.6 Å². The first-order valence-corrected chi connectivity index (χ1v) is 7.38. The summed E-state index contributed by atoms with van der Waals surface area (Å²) in [7, 11) is 3.84. The van der Waals surface area contributed by atoms with Gasteiger partial charge >= 0.3 is 0 Å². The summed E-state index contributed by atoms with van der Waals surface area (Å²) in [5.41, 5.74) is 1.04. The summed E-state index contributed by atoms with van der Waals surface area (Å²) in [6, 6.07) is 0.166. The Hall–Kier alpha value is -0.940. The van der Waals surface area contributed by atoms with Gasteiger partial charge in [-0.2, -0.15) is 0 Å². The van der Waals surface area contributed by atoms with E-state index in [2.05, 4.69) is 22.6 Å². The Morgan fingerprint density at radius 1 is 1.42 bits per heavy atom. The minimum Gasteiger partial charge on any atom is -0.376 e. The van der Waals surface area contributed by atoms with E-state index in [4.69, 9.17) is 4.74 Å². The van der Waals surface area contributed by atoms with Gasteiger partial charge in [-0.1, -0.05) is 31.4 Å². The molecule has 0 aliphatic heterocycles. The van der Waals surface area contributed by atoms with Crippen LogP contribution in [0.1, 0.15) is 57.2 Å². The fourth-order valence-electron chi connectivity index (χ4n) is 3.32. The van der Waals surface area contributed by atoms with Crippen molar-refractivity contribution in [1.29, 1.82) is 0 Å². The molecule has 2 rings (SSSR count). The highest BCUT2D eigenvalue weighted by Gasteiger charge is 2.41. The molecule has 1 N–H and O–H groups in total. The van der Waals surface area contributed by atoms with Gasteiger partial charge < -0.3 is 10.1 Å². The van der Waals surface area contributed by atoms with Crippen molar-refractivity contribution in [2.24, 2.45) is 0 Å². The zero-order valence-corrected chi connectivity index (χ0v) is 12.4. The number of ether oxygens (including phenoxy) is 1. The summed E-state index contributed by atoms with van der Waals surface area (Å²) < 4.78 is 7.97. The number of hydrogen-bond donors (Lipinski definition) is 1. The van der Waals surface area contributed by atoms with E-state index in [0.29, 0.717) is 0 Å². The van der Waals surface area contributed by atoms with Crippen LogP contribution in [0.2, 0.25) is 0 Å². The smallest absolute Gasteiger partial charge is 0.0888 e. The fraction of sp³-hybridized carbons (Fsp3) is 0.857. The van der Waals surface area contributed by atoms with Gasteiger partial charge in [-0.15, -0.1) is 5.10 Å². The molecule has 5 nitrogen and oxygen atoms in total. The number of nitrogens with zero attached hydrogens (tertiary/aromatic N) is 3. The highest BCUT2D eigenvalue weighted by molar-refractivity contribution is 5.11. The Morgan fingerprint density at radius 2 is 2.16 bits per heavy atom. The van der Waals surface area contributed by atoms with Crippen molar-refractivity contribution in [3.8, 4) is 0 Å². The zero-order valence-electron chi connectivity index (χ0n) is 12.4. The van der Waals surface area contributed by atoms with Crippen molar-refractivity contribution in [1.82, 2.24) is 20.3 Å². The Kier molecular flexibility index (Phi) is 4.93. The Labute approximate surface area is 115 Å². The summed E-state index contributed by atoms with van der Waals surface area (Å²) in [4.78, 5) is 0. The number of likely N-dealkylation sites (N-methyl/N-ethyl adjacent to an activating group) is 1. The predicted molar refractivity (Wildman–Crippen MR) is 74.9 cm³/mol. The normalized spacial score (nSPS) is 20.4. The molecule has 1 aliphatic rings. The number of aryl methyl sites for hydroxylation is 1. The maximum Gasteiger partial charge on any atom is 0.0888 e. The van der Waals surface area contributed by atoms with Crippen LogP contribution in [0.25, 0.3) is 0 Å².